The summed E-state index contributed by atoms with van der Waals surface area (Å²) in [5, 5.41) is 0.206. The number of aldehydes is 1. The van der Waals surface area contributed by atoms with Crippen LogP contribution in [0.2, 0.25) is 0 Å². The molecule has 3 heteroatoms. The van der Waals surface area contributed by atoms with E-state index in [1.54, 1.807) is 6.08 Å². The van der Waals surface area contributed by atoms with Crippen molar-refractivity contribution < 1.29 is 9.21 Å². The van der Waals surface area contributed by atoms with E-state index in [4.69, 9.17) is 4.42 Å². The van der Waals surface area contributed by atoms with Gasteiger partial charge in [-0.3, -0.25) is 9.59 Å². The quantitative estimate of drug-likeness (QED) is 0.663. The molecule has 0 saturated carbocycles. The summed E-state index contributed by atoms with van der Waals surface area (Å²) in [5.74, 6) is 0. The van der Waals surface area contributed by atoms with Crippen LogP contribution in [0.1, 0.15) is 24.2 Å². The second kappa shape index (κ2) is 4.55. The first-order valence-electron chi connectivity index (χ1n) is 4.47. The molecule has 0 aliphatic rings. The summed E-state index contributed by atoms with van der Waals surface area (Å²) >= 11 is 0. The lowest BCUT2D eigenvalue weighted by Gasteiger charge is -1.90. The van der Waals surface area contributed by atoms with Crippen molar-refractivity contribution in [2.75, 3.05) is 0 Å². The Hall–Kier alpha value is -1.90. The highest BCUT2D eigenvalue weighted by Gasteiger charge is 1.99. The van der Waals surface area contributed by atoms with Crippen molar-refractivity contribution >= 4 is 18.9 Å². The summed E-state index contributed by atoms with van der Waals surface area (Å²) in [7, 11) is 0. The van der Waals surface area contributed by atoms with Crippen molar-refractivity contribution in [1.82, 2.24) is 0 Å². The van der Waals surface area contributed by atoms with E-state index in [0.717, 1.165) is 11.8 Å². The SMILES string of the molecule is C=c1c(=O)c(C=O)co/c1=C/C=C(C)C. The highest BCUT2D eigenvalue weighted by molar-refractivity contribution is 5.73. The van der Waals surface area contributed by atoms with Crippen LogP contribution < -0.4 is 16.1 Å². The third kappa shape index (κ3) is 2.53. The Balaban J connectivity index is 3.50. The maximum absolute atomic E-state index is 11.5. The second-order valence-electron chi connectivity index (χ2n) is 3.39. The van der Waals surface area contributed by atoms with Crippen molar-refractivity contribution in [1.29, 1.82) is 0 Å². The monoisotopic (exact) mass is 204 g/mol. The summed E-state index contributed by atoms with van der Waals surface area (Å²) < 4.78 is 5.12. The first-order valence-corrected chi connectivity index (χ1v) is 4.47. The Labute approximate surface area is 87.0 Å². The van der Waals surface area contributed by atoms with E-state index in [9.17, 15) is 9.59 Å². The minimum atomic E-state index is -0.385. The Bertz CT molecular complexity index is 558. The molecule has 0 fully saturated rings. The number of rotatable bonds is 2. The molecule has 0 unspecified atom stereocenters. The van der Waals surface area contributed by atoms with Gasteiger partial charge in [0.15, 0.2) is 6.29 Å². The van der Waals surface area contributed by atoms with Gasteiger partial charge in [0.25, 0.3) is 0 Å². The van der Waals surface area contributed by atoms with Gasteiger partial charge >= 0.3 is 0 Å². The summed E-state index contributed by atoms with van der Waals surface area (Å²) in [6.45, 7) is 7.44. The van der Waals surface area contributed by atoms with Gasteiger partial charge in [0.1, 0.15) is 11.7 Å². The van der Waals surface area contributed by atoms with Crippen LogP contribution >= 0.6 is 0 Å². The van der Waals surface area contributed by atoms with Crippen molar-refractivity contribution in [3.05, 3.63) is 44.3 Å². The fourth-order valence-corrected chi connectivity index (χ4v) is 1.00. The largest absolute Gasteiger partial charge is 0.463 e. The van der Waals surface area contributed by atoms with Crippen molar-refractivity contribution in [3.8, 4) is 0 Å². The summed E-state index contributed by atoms with van der Waals surface area (Å²) in [5.41, 5.74) is 1.07. The van der Waals surface area contributed by atoms with Gasteiger partial charge in [-0.15, -0.1) is 0 Å². The lowest BCUT2D eigenvalue weighted by atomic mass is 10.2. The molecule has 3 nitrogen and oxygen atoms in total. The predicted molar refractivity (Wildman–Crippen MR) is 59.0 cm³/mol. The van der Waals surface area contributed by atoms with E-state index in [1.165, 1.54) is 0 Å². The molecule has 0 spiro atoms. The van der Waals surface area contributed by atoms with Crippen LogP contribution in [0.3, 0.4) is 0 Å². The predicted octanol–water partition coefficient (Wildman–Crippen LogP) is 0.609. The molecule has 1 rings (SSSR count). The molecular formula is C12H12O3. The molecule has 1 aromatic rings. The molecule has 15 heavy (non-hydrogen) atoms. The summed E-state index contributed by atoms with van der Waals surface area (Å²) in [6, 6.07) is 0. The smallest absolute Gasteiger partial charge is 0.202 e. The summed E-state index contributed by atoms with van der Waals surface area (Å²) in [6.07, 6.45) is 5.08. The van der Waals surface area contributed by atoms with Crippen molar-refractivity contribution in [3.63, 3.8) is 0 Å². The number of hydrogen-bond donors (Lipinski definition) is 0. The molecule has 78 valence electrons. The van der Waals surface area contributed by atoms with E-state index >= 15 is 0 Å². The van der Waals surface area contributed by atoms with Crippen LogP contribution in [0.15, 0.2) is 27.1 Å². The van der Waals surface area contributed by atoms with E-state index in [1.807, 2.05) is 19.9 Å². The fraction of sp³-hybridized carbons (Fsp3) is 0.167. The van der Waals surface area contributed by atoms with Crippen LogP contribution in [0, 0.1) is 0 Å². The molecule has 0 atom stereocenters. The minimum Gasteiger partial charge on any atom is -0.463 e. The minimum absolute atomic E-state index is 0.00523. The Morgan fingerprint density at radius 1 is 1.47 bits per heavy atom. The molecular weight excluding hydrogens is 192 g/mol. The summed E-state index contributed by atoms with van der Waals surface area (Å²) in [4.78, 5) is 21.9. The first-order chi connectivity index (χ1) is 7.06. The van der Waals surface area contributed by atoms with E-state index in [-0.39, 0.29) is 16.2 Å². The van der Waals surface area contributed by atoms with Gasteiger partial charge in [-0.1, -0.05) is 18.2 Å². The number of carbonyl (C=O) groups excluding carboxylic acids is 1. The van der Waals surface area contributed by atoms with Gasteiger partial charge in [0.05, 0.1) is 10.8 Å². The van der Waals surface area contributed by atoms with Gasteiger partial charge in [-0.05, 0) is 19.9 Å². The van der Waals surface area contributed by atoms with Gasteiger partial charge in [-0.2, -0.15) is 0 Å². The van der Waals surface area contributed by atoms with E-state index in [0.29, 0.717) is 11.7 Å². The van der Waals surface area contributed by atoms with Crippen LogP contribution in [0.25, 0.3) is 12.7 Å². The van der Waals surface area contributed by atoms with Crippen LogP contribution in [-0.2, 0) is 0 Å². The van der Waals surface area contributed by atoms with Crippen molar-refractivity contribution in [2.24, 2.45) is 0 Å². The maximum Gasteiger partial charge on any atom is 0.202 e. The molecule has 0 radical (unpaired) electrons. The zero-order chi connectivity index (χ0) is 11.4. The maximum atomic E-state index is 11.5. The molecule has 0 N–H and O–H groups in total. The lowest BCUT2D eigenvalue weighted by Crippen LogP contribution is -2.39. The Morgan fingerprint density at radius 2 is 2.13 bits per heavy atom. The highest BCUT2D eigenvalue weighted by atomic mass is 16.3. The molecule has 0 amide bonds. The third-order valence-corrected chi connectivity index (χ3v) is 1.84. The van der Waals surface area contributed by atoms with E-state index < -0.39 is 0 Å². The van der Waals surface area contributed by atoms with Gasteiger partial charge in [0.2, 0.25) is 5.43 Å². The molecule has 0 aliphatic carbocycles. The lowest BCUT2D eigenvalue weighted by molar-refractivity contribution is 0.112. The van der Waals surface area contributed by atoms with Crippen LogP contribution in [0.4, 0.5) is 0 Å². The average molecular weight is 204 g/mol. The Morgan fingerprint density at radius 3 is 2.67 bits per heavy atom. The first kappa shape index (κ1) is 11.2. The van der Waals surface area contributed by atoms with Gasteiger partial charge in [-0.25, -0.2) is 0 Å². The highest BCUT2D eigenvalue weighted by Crippen LogP contribution is 1.87. The Kier molecular flexibility index (Phi) is 3.39. The molecule has 0 aromatic carbocycles. The molecule has 1 aromatic heterocycles. The normalized spacial score (nSPS) is 11.2. The molecule has 0 aliphatic heterocycles. The van der Waals surface area contributed by atoms with Gasteiger partial charge < -0.3 is 4.42 Å². The van der Waals surface area contributed by atoms with E-state index in [2.05, 4.69) is 6.58 Å². The molecule has 1 heterocycles. The molecule has 0 saturated heterocycles. The topological polar surface area (TPSA) is 47.3 Å². The van der Waals surface area contributed by atoms with Crippen LogP contribution in [-0.4, -0.2) is 6.29 Å². The average Bonchev–Trinajstić information content (AvgIpc) is 2.20. The zero-order valence-corrected chi connectivity index (χ0v) is 8.74. The van der Waals surface area contributed by atoms with Crippen LogP contribution in [0.5, 0.6) is 0 Å². The standard InChI is InChI=1S/C12H12O3/c1-8(2)4-5-11-9(3)12(14)10(6-13)7-15-11/h4-7H,3H2,1-2H3/b11-5+. The second-order valence-corrected chi connectivity index (χ2v) is 3.39. The van der Waals surface area contributed by atoms with Crippen molar-refractivity contribution in [2.45, 2.75) is 13.8 Å². The van der Waals surface area contributed by atoms with Gasteiger partial charge in [0, 0.05) is 0 Å². The zero-order valence-electron chi connectivity index (χ0n) is 8.74. The number of carbonyl (C=O) groups is 1. The fourth-order valence-electron chi connectivity index (χ4n) is 1.00. The number of hydrogen-bond acceptors (Lipinski definition) is 3. The third-order valence-electron chi connectivity index (χ3n) is 1.84. The number of allylic oxidation sites excluding steroid dienone is 2. The molecule has 0 bridgehead atoms.